The summed E-state index contributed by atoms with van der Waals surface area (Å²) in [5, 5.41) is 14.1. The van der Waals surface area contributed by atoms with Crippen LogP contribution in [0.4, 0.5) is 4.79 Å². The molecule has 1 atom stereocenters. The number of unbranched alkanes of at least 4 members (excludes halogenated alkanes) is 1. The molecule has 0 saturated carbocycles. The van der Waals surface area contributed by atoms with Gasteiger partial charge in [0.15, 0.2) is 0 Å². The third-order valence-electron chi connectivity index (χ3n) is 3.02. The maximum Gasteiger partial charge on any atom is 0.314 e. The van der Waals surface area contributed by atoms with E-state index in [0.29, 0.717) is 32.9 Å². The van der Waals surface area contributed by atoms with Gasteiger partial charge in [0.05, 0.1) is 13.2 Å². The van der Waals surface area contributed by atoms with Crippen molar-refractivity contribution in [3.63, 3.8) is 0 Å². The van der Waals surface area contributed by atoms with Crippen molar-refractivity contribution in [2.75, 3.05) is 40.0 Å². The van der Waals surface area contributed by atoms with Crippen LogP contribution in [0.1, 0.15) is 32.6 Å². The van der Waals surface area contributed by atoms with E-state index in [1.165, 1.54) is 0 Å². The number of rotatable bonds is 13. The van der Waals surface area contributed by atoms with Crippen LogP contribution in [-0.4, -0.2) is 57.1 Å². The van der Waals surface area contributed by atoms with Crippen LogP contribution in [0.25, 0.3) is 0 Å². The van der Waals surface area contributed by atoms with E-state index in [2.05, 4.69) is 10.6 Å². The zero-order valence-corrected chi connectivity index (χ0v) is 13.0. The van der Waals surface area contributed by atoms with Gasteiger partial charge in [0.1, 0.15) is 0 Å². The van der Waals surface area contributed by atoms with E-state index in [-0.39, 0.29) is 18.4 Å². The van der Waals surface area contributed by atoms with Crippen molar-refractivity contribution >= 4 is 12.0 Å². The van der Waals surface area contributed by atoms with Gasteiger partial charge in [0.25, 0.3) is 0 Å². The molecule has 0 aromatic carbocycles. The number of urea groups is 1. The number of hydrogen-bond acceptors (Lipinski definition) is 4. The van der Waals surface area contributed by atoms with Crippen LogP contribution in [0.15, 0.2) is 0 Å². The number of carboxylic acid groups (broad SMARTS) is 1. The maximum atomic E-state index is 11.5. The quantitative estimate of drug-likeness (QED) is 0.445. The van der Waals surface area contributed by atoms with E-state index in [4.69, 9.17) is 14.6 Å². The zero-order valence-electron chi connectivity index (χ0n) is 13.0. The number of methoxy groups -OCH3 is 1. The van der Waals surface area contributed by atoms with Crippen molar-refractivity contribution in [1.29, 1.82) is 0 Å². The highest BCUT2D eigenvalue weighted by Gasteiger charge is 2.12. The van der Waals surface area contributed by atoms with Crippen molar-refractivity contribution < 1.29 is 24.2 Å². The van der Waals surface area contributed by atoms with Crippen molar-refractivity contribution in [3.8, 4) is 0 Å². The van der Waals surface area contributed by atoms with E-state index in [1.54, 1.807) is 7.11 Å². The van der Waals surface area contributed by atoms with Crippen molar-refractivity contribution in [2.24, 2.45) is 5.92 Å². The summed E-state index contributed by atoms with van der Waals surface area (Å²) in [7, 11) is 1.63. The van der Waals surface area contributed by atoms with E-state index in [0.717, 1.165) is 19.3 Å². The maximum absolute atomic E-state index is 11.5. The number of amides is 2. The summed E-state index contributed by atoms with van der Waals surface area (Å²) in [5.74, 6) is -0.861. The Morgan fingerprint density at radius 2 is 1.90 bits per heavy atom. The van der Waals surface area contributed by atoms with E-state index >= 15 is 0 Å². The molecule has 0 spiro atoms. The molecule has 0 aromatic heterocycles. The number of carboxylic acids is 1. The van der Waals surface area contributed by atoms with Crippen LogP contribution < -0.4 is 10.6 Å². The Labute approximate surface area is 126 Å². The molecule has 0 aliphatic rings. The van der Waals surface area contributed by atoms with Crippen molar-refractivity contribution in [3.05, 3.63) is 0 Å². The number of carbonyl (C=O) groups excluding carboxylic acids is 1. The SMILES string of the molecule is CCC(CNC(=O)NCCCCOCCOC)CC(=O)O. The zero-order chi connectivity index (χ0) is 15.9. The summed E-state index contributed by atoms with van der Waals surface area (Å²) in [4.78, 5) is 22.1. The van der Waals surface area contributed by atoms with Gasteiger partial charge in [-0.05, 0) is 18.8 Å². The summed E-state index contributed by atoms with van der Waals surface area (Å²) in [6.45, 7) is 4.71. The Morgan fingerprint density at radius 1 is 1.14 bits per heavy atom. The fourth-order valence-corrected chi connectivity index (χ4v) is 1.68. The fourth-order valence-electron chi connectivity index (χ4n) is 1.68. The lowest BCUT2D eigenvalue weighted by Gasteiger charge is -2.14. The molecule has 7 nitrogen and oxygen atoms in total. The average Bonchev–Trinajstić information content (AvgIpc) is 2.45. The van der Waals surface area contributed by atoms with E-state index < -0.39 is 5.97 Å². The highest BCUT2D eigenvalue weighted by Crippen LogP contribution is 2.06. The first-order valence-electron chi connectivity index (χ1n) is 7.40. The number of nitrogens with one attached hydrogen (secondary N) is 2. The van der Waals surface area contributed by atoms with Gasteiger partial charge in [0, 0.05) is 33.2 Å². The third-order valence-corrected chi connectivity index (χ3v) is 3.02. The molecule has 7 heteroatoms. The Kier molecular flexibility index (Phi) is 12.8. The Hall–Kier alpha value is -1.34. The molecule has 3 N–H and O–H groups in total. The van der Waals surface area contributed by atoms with E-state index in [1.807, 2.05) is 6.92 Å². The molecule has 21 heavy (non-hydrogen) atoms. The lowest BCUT2D eigenvalue weighted by molar-refractivity contribution is -0.138. The molecule has 0 aliphatic heterocycles. The number of ether oxygens (including phenoxy) is 2. The van der Waals surface area contributed by atoms with Crippen LogP contribution in [0.5, 0.6) is 0 Å². The molecule has 2 amide bonds. The van der Waals surface area contributed by atoms with Crippen molar-refractivity contribution in [2.45, 2.75) is 32.6 Å². The van der Waals surface area contributed by atoms with Crippen LogP contribution in [0.3, 0.4) is 0 Å². The standard InChI is InChI=1S/C14H28N2O5/c1-3-12(10-13(17)18)11-16-14(19)15-6-4-5-7-21-9-8-20-2/h12H,3-11H2,1-2H3,(H,17,18)(H2,15,16,19). The summed E-state index contributed by atoms with van der Waals surface area (Å²) >= 11 is 0. The minimum absolute atomic E-state index is 0.0255. The Balaban J connectivity index is 3.47. The fraction of sp³-hybridized carbons (Fsp3) is 0.857. The molecular weight excluding hydrogens is 276 g/mol. The molecule has 0 radical (unpaired) electrons. The van der Waals surface area contributed by atoms with Gasteiger partial charge in [-0.1, -0.05) is 13.3 Å². The van der Waals surface area contributed by atoms with Gasteiger partial charge in [0.2, 0.25) is 0 Å². The normalized spacial score (nSPS) is 11.9. The first kappa shape index (κ1) is 19.7. The number of aliphatic carboxylic acids is 1. The Morgan fingerprint density at radius 3 is 2.52 bits per heavy atom. The van der Waals surface area contributed by atoms with Gasteiger partial charge >= 0.3 is 12.0 Å². The largest absolute Gasteiger partial charge is 0.481 e. The highest BCUT2D eigenvalue weighted by molar-refractivity contribution is 5.73. The van der Waals surface area contributed by atoms with Gasteiger partial charge in [-0.15, -0.1) is 0 Å². The summed E-state index contributed by atoms with van der Waals surface area (Å²) in [6.07, 6.45) is 2.52. The minimum Gasteiger partial charge on any atom is -0.481 e. The molecule has 0 saturated heterocycles. The monoisotopic (exact) mass is 304 g/mol. The van der Waals surface area contributed by atoms with Gasteiger partial charge < -0.3 is 25.2 Å². The van der Waals surface area contributed by atoms with Crippen molar-refractivity contribution in [1.82, 2.24) is 10.6 Å². The molecule has 0 fully saturated rings. The third kappa shape index (κ3) is 13.4. The lowest BCUT2D eigenvalue weighted by atomic mass is 10.0. The topological polar surface area (TPSA) is 96.9 Å². The molecule has 0 aliphatic carbocycles. The van der Waals surface area contributed by atoms with Gasteiger partial charge in [-0.2, -0.15) is 0 Å². The molecule has 0 aromatic rings. The first-order valence-corrected chi connectivity index (χ1v) is 7.40. The smallest absolute Gasteiger partial charge is 0.314 e. The molecule has 0 bridgehead atoms. The lowest BCUT2D eigenvalue weighted by Crippen LogP contribution is -2.39. The minimum atomic E-state index is -0.836. The second-order valence-electron chi connectivity index (χ2n) is 4.82. The Bertz CT molecular complexity index is 287. The number of carbonyl (C=O) groups is 2. The second kappa shape index (κ2) is 13.6. The van der Waals surface area contributed by atoms with Crippen LogP contribution in [-0.2, 0) is 14.3 Å². The summed E-state index contributed by atoms with van der Waals surface area (Å²) in [5.41, 5.74) is 0. The second-order valence-corrected chi connectivity index (χ2v) is 4.82. The summed E-state index contributed by atoms with van der Waals surface area (Å²) in [6, 6.07) is -0.251. The number of hydrogen-bond donors (Lipinski definition) is 3. The average molecular weight is 304 g/mol. The first-order chi connectivity index (χ1) is 10.1. The molecule has 1 unspecified atom stereocenters. The molecule has 0 heterocycles. The molecular formula is C14H28N2O5. The highest BCUT2D eigenvalue weighted by atomic mass is 16.5. The van der Waals surface area contributed by atoms with Crippen LogP contribution in [0, 0.1) is 5.92 Å². The van der Waals surface area contributed by atoms with Crippen LogP contribution in [0.2, 0.25) is 0 Å². The van der Waals surface area contributed by atoms with Gasteiger partial charge in [-0.25, -0.2) is 4.79 Å². The van der Waals surface area contributed by atoms with Crippen LogP contribution >= 0.6 is 0 Å². The van der Waals surface area contributed by atoms with E-state index in [9.17, 15) is 9.59 Å². The molecule has 124 valence electrons. The molecule has 0 rings (SSSR count). The van der Waals surface area contributed by atoms with Gasteiger partial charge in [-0.3, -0.25) is 4.79 Å². The summed E-state index contributed by atoms with van der Waals surface area (Å²) < 4.78 is 10.2. The predicted octanol–water partition coefficient (Wildman–Crippen LogP) is 1.23. The predicted molar refractivity (Wildman–Crippen MR) is 79.4 cm³/mol.